The van der Waals surface area contributed by atoms with Crippen molar-refractivity contribution in [3.8, 4) is 5.75 Å². The summed E-state index contributed by atoms with van der Waals surface area (Å²) in [5, 5.41) is 3.49. The van der Waals surface area contributed by atoms with Gasteiger partial charge in [0.1, 0.15) is 11.8 Å². The van der Waals surface area contributed by atoms with E-state index >= 15 is 0 Å². The van der Waals surface area contributed by atoms with E-state index in [0.717, 1.165) is 16.9 Å². The van der Waals surface area contributed by atoms with Crippen molar-refractivity contribution in [2.75, 3.05) is 27.4 Å². The van der Waals surface area contributed by atoms with Crippen LogP contribution < -0.4 is 10.1 Å². The fourth-order valence-corrected chi connectivity index (χ4v) is 3.09. The van der Waals surface area contributed by atoms with Gasteiger partial charge in [-0.3, -0.25) is 9.59 Å². The highest BCUT2D eigenvalue weighted by Gasteiger charge is 2.26. The molecule has 0 radical (unpaired) electrons. The first-order valence-electron chi connectivity index (χ1n) is 9.88. The van der Waals surface area contributed by atoms with E-state index in [-0.39, 0.29) is 18.2 Å². The number of ether oxygens (including phenoxy) is 2. The molecule has 2 aromatic carbocycles. The van der Waals surface area contributed by atoms with E-state index in [2.05, 4.69) is 5.32 Å². The summed E-state index contributed by atoms with van der Waals surface area (Å²) < 4.78 is 10.2. The molecule has 0 fully saturated rings. The normalized spacial score (nSPS) is 11.6. The molecule has 0 saturated heterocycles. The third-order valence-corrected chi connectivity index (χ3v) is 5.02. The number of hydrogen-bond acceptors (Lipinski definition) is 4. The van der Waals surface area contributed by atoms with E-state index in [4.69, 9.17) is 21.1 Å². The first-order chi connectivity index (χ1) is 14.4. The number of nitrogens with zero attached hydrogens (tertiary/aromatic N) is 1. The zero-order valence-corrected chi connectivity index (χ0v) is 18.4. The van der Waals surface area contributed by atoms with Crippen molar-refractivity contribution >= 4 is 23.4 Å². The molecule has 30 heavy (non-hydrogen) atoms. The van der Waals surface area contributed by atoms with Crippen molar-refractivity contribution in [2.45, 2.75) is 32.4 Å². The SMILES string of the molecule is COCCCNC(=O)[C@H](C)N(Cc1ccc(OC)cc1)C(=O)Cc1ccc(Cl)cc1. The topological polar surface area (TPSA) is 67.9 Å². The highest BCUT2D eigenvalue weighted by atomic mass is 35.5. The summed E-state index contributed by atoms with van der Waals surface area (Å²) in [6.07, 6.45) is 0.904. The maximum absolute atomic E-state index is 13.1. The monoisotopic (exact) mass is 432 g/mol. The van der Waals surface area contributed by atoms with Gasteiger partial charge in [0.15, 0.2) is 0 Å². The molecule has 0 heterocycles. The molecular weight excluding hydrogens is 404 g/mol. The second kappa shape index (κ2) is 12.2. The van der Waals surface area contributed by atoms with Crippen LogP contribution in [0.1, 0.15) is 24.5 Å². The third kappa shape index (κ3) is 7.35. The van der Waals surface area contributed by atoms with Gasteiger partial charge in [0.25, 0.3) is 0 Å². The zero-order chi connectivity index (χ0) is 21.9. The van der Waals surface area contributed by atoms with Crippen molar-refractivity contribution in [3.63, 3.8) is 0 Å². The van der Waals surface area contributed by atoms with E-state index < -0.39 is 6.04 Å². The summed E-state index contributed by atoms with van der Waals surface area (Å²) >= 11 is 5.94. The van der Waals surface area contributed by atoms with E-state index in [1.54, 1.807) is 38.2 Å². The predicted molar refractivity (Wildman–Crippen MR) is 118 cm³/mol. The number of rotatable bonds is 11. The Balaban J connectivity index is 2.13. The minimum atomic E-state index is -0.616. The van der Waals surface area contributed by atoms with E-state index in [1.807, 2.05) is 36.4 Å². The lowest BCUT2D eigenvalue weighted by Crippen LogP contribution is -2.48. The molecule has 2 amide bonds. The average Bonchev–Trinajstić information content (AvgIpc) is 2.76. The van der Waals surface area contributed by atoms with Crippen LogP contribution in [0.15, 0.2) is 48.5 Å². The van der Waals surface area contributed by atoms with Crippen molar-refractivity contribution in [1.82, 2.24) is 10.2 Å². The molecule has 0 aliphatic rings. The van der Waals surface area contributed by atoms with Gasteiger partial charge in [0.05, 0.1) is 13.5 Å². The Morgan fingerprint density at radius 1 is 1.03 bits per heavy atom. The molecule has 0 spiro atoms. The molecule has 2 aromatic rings. The highest BCUT2D eigenvalue weighted by molar-refractivity contribution is 6.30. The summed E-state index contributed by atoms with van der Waals surface area (Å²) in [4.78, 5) is 27.4. The quantitative estimate of drug-likeness (QED) is 0.552. The van der Waals surface area contributed by atoms with Crippen LogP contribution in [-0.2, 0) is 27.3 Å². The molecule has 2 rings (SSSR count). The van der Waals surface area contributed by atoms with Gasteiger partial charge in [-0.05, 0) is 48.7 Å². The summed E-state index contributed by atoms with van der Waals surface area (Å²) in [6, 6.07) is 14.0. The predicted octanol–water partition coefficient (Wildman–Crippen LogP) is 3.46. The molecular formula is C23H29ClN2O4. The standard InChI is InChI=1S/C23H29ClN2O4/c1-17(23(28)25-13-4-14-29-2)26(16-19-7-11-21(30-3)12-8-19)22(27)15-18-5-9-20(24)10-6-18/h5-12,17H,4,13-16H2,1-3H3,(H,25,28)/t17-/m0/s1. The summed E-state index contributed by atoms with van der Waals surface area (Å²) in [5.74, 6) is 0.415. The van der Waals surface area contributed by atoms with Gasteiger partial charge >= 0.3 is 0 Å². The maximum atomic E-state index is 13.1. The molecule has 0 aromatic heterocycles. The number of carbonyl (C=O) groups excluding carboxylic acids is 2. The number of nitrogens with one attached hydrogen (secondary N) is 1. The lowest BCUT2D eigenvalue weighted by molar-refractivity contribution is -0.140. The minimum absolute atomic E-state index is 0.132. The number of benzene rings is 2. The van der Waals surface area contributed by atoms with Crippen LogP contribution in [0.5, 0.6) is 5.75 Å². The number of halogens is 1. The zero-order valence-electron chi connectivity index (χ0n) is 17.7. The lowest BCUT2D eigenvalue weighted by Gasteiger charge is -2.29. The summed E-state index contributed by atoms with van der Waals surface area (Å²) in [5.41, 5.74) is 1.76. The third-order valence-electron chi connectivity index (χ3n) is 4.77. The van der Waals surface area contributed by atoms with E-state index in [0.29, 0.717) is 31.1 Å². The number of amides is 2. The van der Waals surface area contributed by atoms with Gasteiger partial charge in [-0.25, -0.2) is 0 Å². The first-order valence-corrected chi connectivity index (χ1v) is 10.3. The fourth-order valence-electron chi connectivity index (χ4n) is 2.96. The molecule has 0 unspecified atom stereocenters. The Morgan fingerprint density at radius 3 is 2.27 bits per heavy atom. The summed E-state index contributed by atoms with van der Waals surface area (Å²) in [6.45, 7) is 3.14. The molecule has 0 saturated carbocycles. The Labute approximate surface area is 183 Å². The van der Waals surface area contributed by atoms with Crippen LogP contribution in [0.25, 0.3) is 0 Å². The summed E-state index contributed by atoms with van der Waals surface area (Å²) in [7, 11) is 3.23. The van der Waals surface area contributed by atoms with Gasteiger partial charge in [-0.1, -0.05) is 35.9 Å². The van der Waals surface area contributed by atoms with Crippen molar-refractivity contribution < 1.29 is 19.1 Å². The molecule has 0 bridgehead atoms. The Morgan fingerprint density at radius 2 is 1.67 bits per heavy atom. The molecule has 6 nitrogen and oxygen atoms in total. The number of carbonyl (C=O) groups is 2. The molecule has 0 aliphatic heterocycles. The maximum Gasteiger partial charge on any atom is 0.242 e. The highest BCUT2D eigenvalue weighted by Crippen LogP contribution is 2.17. The second-order valence-corrected chi connectivity index (χ2v) is 7.42. The molecule has 1 N–H and O–H groups in total. The van der Waals surface area contributed by atoms with E-state index in [1.165, 1.54) is 0 Å². The number of methoxy groups -OCH3 is 2. The molecule has 7 heteroatoms. The first kappa shape index (κ1) is 23.7. The van der Waals surface area contributed by atoms with Gasteiger partial charge in [0.2, 0.25) is 11.8 Å². The van der Waals surface area contributed by atoms with Crippen molar-refractivity contribution in [1.29, 1.82) is 0 Å². The lowest BCUT2D eigenvalue weighted by atomic mass is 10.1. The van der Waals surface area contributed by atoms with Gasteiger partial charge in [-0.15, -0.1) is 0 Å². The van der Waals surface area contributed by atoms with Crippen LogP contribution in [-0.4, -0.2) is 50.1 Å². The Hall–Kier alpha value is -2.57. The van der Waals surface area contributed by atoms with Crippen LogP contribution in [0.3, 0.4) is 0 Å². The van der Waals surface area contributed by atoms with Crippen LogP contribution in [0.2, 0.25) is 5.02 Å². The van der Waals surface area contributed by atoms with Gasteiger partial charge < -0.3 is 19.7 Å². The van der Waals surface area contributed by atoms with Gasteiger partial charge in [0, 0.05) is 31.8 Å². The van der Waals surface area contributed by atoms with Crippen LogP contribution >= 0.6 is 11.6 Å². The minimum Gasteiger partial charge on any atom is -0.497 e. The Kier molecular flexibility index (Phi) is 9.64. The fraction of sp³-hybridized carbons (Fsp3) is 0.391. The van der Waals surface area contributed by atoms with Crippen LogP contribution in [0, 0.1) is 0 Å². The largest absolute Gasteiger partial charge is 0.497 e. The van der Waals surface area contributed by atoms with Crippen molar-refractivity contribution in [3.05, 3.63) is 64.7 Å². The molecule has 1 atom stereocenters. The number of hydrogen-bond donors (Lipinski definition) is 1. The van der Waals surface area contributed by atoms with Gasteiger partial charge in [-0.2, -0.15) is 0 Å². The van der Waals surface area contributed by atoms with Crippen molar-refractivity contribution in [2.24, 2.45) is 0 Å². The molecule has 162 valence electrons. The van der Waals surface area contributed by atoms with Crippen LogP contribution in [0.4, 0.5) is 0 Å². The van der Waals surface area contributed by atoms with E-state index in [9.17, 15) is 9.59 Å². The smallest absolute Gasteiger partial charge is 0.242 e. The Bertz CT molecular complexity index is 809. The average molecular weight is 433 g/mol. The second-order valence-electron chi connectivity index (χ2n) is 6.99. The molecule has 0 aliphatic carbocycles.